The highest BCUT2D eigenvalue weighted by molar-refractivity contribution is 7.09. The molecule has 0 fully saturated rings. The summed E-state index contributed by atoms with van der Waals surface area (Å²) < 4.78 is 0. The monoisotopic (exact) mass is 184 g/mol. The fraction of sp³-hybridized carbons (Fsp3) is 0.667. The minimum Gasteiger partial charge on any atom is -0.330 e. The molecule has 1 aromatic rings. The van der Waals surface area contributed by atoms with Crippen LogP contribution in [-0.2, 0) is 12.8 Å². The lowest BCUT2D eigenvalue weighted by Crippen LogP contribution is -2.00. The van der Waals surface area contributed by atoms with E-state index in [1.54, 1.807) is 11.3 Å². The van der Waals surface area contributed by atoms with E-state index in [1.807, 2.05) is 0 Å². The number of hydrogen-bond donors (Lipinski definition) is 1. The maximum Gasteiger partial charge on any atom is 0.0928 e. The van der Waals surface area contributed by atoms with Crippen molar-refractivity contribution in [1.29, 1.82) is 0 Å². The van der Waals surface area contributed by atoms with Crippen molar-refractivity contribution in [2.45, 2.75) is 32.6 Å². The third-order valence-corrected chi connectivity index (χ3v) is 2.66. The predicted octanol–water partition coefficient (Wildman–Crippen LogP) is 1.99. The van der Waals surface area contributed by atoms with Crippen molar-refractivity contribution in [3.8, 4) is 0 Å². The van der Waals surface area contributed by atoms with Gasteiger partial charge in [-0.15, -0.1) is 11.3 Å². The van der Waals surface area contributed by atoms with E-state index in [9.17, 15) is 0 Å². The van der Waals surface area contributed by atoms with Crippen LogP contribution in [0.5, 0.6) is 0 Å². The predicted molar refractivity (Wildman–Crippen MR) is 53.5 cm³/mol. The molecule has 0 atom stereocenters. The number of nitrogens with zero attached hydrogens (tertiary/aromatic N) is 1. The molecule has 2 nitrogen and oxygen atoms in total. The van der Waals surface area contributed by atoms with Crippen LogP contribution in [0.1, 0.15) is 30.5 Å². The molecular formula is C9H16N2S. The molecule has 0 spiro atoms. The number of hydrogen-bond acceptors (Lipinski definition) is 3. The molecule has 0 bridgehead atoms. The van der Waals surface area contributed by atoms with Crippen molar-refractivity contribution in [3.05, 3.63) is 16.1 Å². The summed E-state index contributed by atoms with van der Waals surface area (Å²) in [5.74, 6) is 0. The van der Waals surface area contributed by atoms with Crippen LogP contribution in [0.2, 0.25) is 0 Å². The molecule has 12 heavy (non-hydrogen) atoms. The smallest absolute Gasteiger partial charge is 0.0928 e. The summed E-state index contributed by atoms with van der Waals surface area (Å²) in [6, 6.07) is 0. The maximum absolute atomic E-state index is 5.42. The number of aryl methyl sites for hydroxylation is 2. The van der Waals surface area contributed by atoms with E-state index in [-0.39, 0.29) is 0 Å². The topological polar surface area (TPSA) is 38.9 Å². The van der Waals surface area contributed by atoms with Crippen molar-refractivity contribution in [2.24, 2.45) is 5.73 Å². The van der Waals surface area contributed by atoms with Gasteiger partial charge in [0.2, 0.25) is 0 Å². The molecule has 0 saturated heterocycles. The van der Waals surface area contributed by atoms with Gasteiger partial charge in [0.1, 0.15) is 0 Å². The zero-order valence-corrected chi connectivity index (χ0v) is 8.36. The summed E-state index contributed by atoms with van der Waals surface area (Å²) in [6.45, 7) is 2.95. The molecule has 1 heterocycles. The van der Waals surface area contributed by atoms with Gasteiger partial charge < -0.3 is 5.73 Å². The SMILES string of the molecule is CCCc1nc(CCCN)cs1. The summed E-state index contributed by atoms with van der Waals surface area (Å²) in [6.07, 6.45) is 4.39. The van der Waals surface area contributed by atoms with Crippen LogP contribution < -0.4 is 5.73 Å². The van der Waals surface area contributed by atoms with Crippen LogP contribution >= 0.6 is 11.3 Å². The first-order valence-electron chi connectivity index (χ1n) is 4.50. The fourth-order valence-electron chi connectivity index (χ4n) is 1.08. The normalized spacial score (nSPS) is 10.5. The zero-order valence-electron chi connectivity index (χ0n) is 7.55. The van der Waals surface area contributed by atoms with Crippen LogP contribution in [0, 0.1) is 0 Å². The standard InChI is InChI=1S/C9H16N2S/c1-2-4-9-11-8(7-12-9)5-3-6-10/h7H,2-6,10H2,1H3. The van der Waals surface area contributed by atoms with Crippen molar-refractivity contribution >= 4 is 11.3 Å². The van der Waals surface area contributed by atoms with Gasteiger partial charge in [0.25, 0.3) is 0 Å². The molecule has 1 rings (SSSR count). The Morgan fingerprint density at radius 1 is 1.50 bits per heavy atom. The van der Waals surface area contributed by atoms with Gasteiger partial charge in [-0.1, -0.05) is 6.92 Å². The Bertz CT molecular complexity index is 220. The highest BCUT2D eigenvalue weighted by Crippen LogP contribution is 2.12. The molecule has 0 aliphatic rings. The molecule has 3 heteroatoms. The molecule has 68 valence electrons. The van der Waals surface area contributed by atoms with Gasteiger partial charge >= 0.3 is 0 Å². The molecule has 1 aromatic heterocycles. The second-order valence-corrected chi connectivity index (χ2v) is 3.82. The van der Waals surface area contributed by atoms with Crippen LogP contribution in [-0.4, -0.2) is 11.5 Å². The number of thiazole rings is 1. The second kappa shape index (κ2) is 5.27. The Kier molecular flexibility index (Phi) is 4.25. The Morgan fingerprint density at radius 2 is 2.33 bits per heavy atom. The van der Waals surface area contributed by atoms with E-state index in [2.05, 4.69) is 17.3 Å². The molecule has 0 unspecified atom stereocenters. The van der Waals surface area contributed by atoms with Crippen LogP contribution in [0.15, 0.2) is 5.38 Å². The molecule has 0 saturated carbocycles. The van der Waals surface area contributed by atoms with Crippen molar-refractivity contribution in [1.82, 2.24) is 4.98 Å². The van der Waals surface area contributed by atoms with Crippen molar-refractivity contribution in [3.63, 3.8) is 0 Å². The van der Waals surface area contributed by atoms with E-state index in [0.29, 0.717) is 0 Å². The number of rotatable bonds is 5. The molecule has 0 radical (unpaired) electrons. The van der Waals surface area contributed by atoms with E-state index in [4.69, 9.17) is 5.73 Å². The van der Waals surface area contributed by atoms with E-state index >= 15 is 0 Å². The minimum absolute atomic E-state index is 0.765. The molecule has 0 aromatic carbocycles. The third-order valence-electron chi connectivity index (χ3n) is 1.70. The summed E-state index contributed by atoms with van der Waals surface area (Å²) in [4.78, 5) is 4.50. The minimum atomic E-state index is 0.765. The summed E-state index contributed by atoms with van der Waals surface area (Å²) in [5, 5.41) is 3.42. The highest BCUT2D eigenvalue weighted by atomic mass is 32.1. The lowest BCUT2D eigenvalue weighted by atomic mass is 10.2. The van der Waals surface area contributed by atoms with Crippen molar-refractivity contribution in [2.75, 3.05) is 6.54 Å². The molecular weight excluding hydrogens is 168 g/mol. The Balaban J connectivity index is 2.41. The van der Waals surface area contributed by atoms with Gasteiger partial charge in [0.15, 0.2) is 0 Å². The Morgan fingerprint density at radius 3 is 3.00 bits per heavy atom. The lowest BCUT2D eigenvalue weighted by molar-refractivity contribution is 0.805. The number of nitrogens with two attached hydrogens (primary N) is 1. The third kappa shape index (κ3) is 2.91. The van der Waals surface area contributed by atoms with Gasteiger partial charge in [-0.05, 0) is 32.2 Å². The van der Waals surface area contributed by atoms with Crippen LogP contribution in [0.4, 0.5) is 0 Å². The zero-order chi connectivity index (χ0) is 8.81. The van der Waals surface area contributed by atoms with Gasteiger partial charge in [0.05, 0.1) is 10.7 Å². The largest absolute Gasteiger partial charge is 0.330 e. The van der Waals surface area contributed by atoms with E-state index in [1.165, 1.54) is 17.1 Å². The van der Waals surface area contributed by atoms with E-state index in [0.717, 1.165) is 25.8 Å². The summed E-state index contributed by atoms with van der Waals surface area (Å²) in [5.41, 5.74) is 6.63. The van der Waals surface area contributed by atoms with Gasteiger partial charge in [0, 0.05) is 5.38 Å². The first-order chi connectivity index (χ1) is 5.86. The average molecular weight is 184 g/mol. The van der Waals surface area contributed by atoms with Crippen molar-refractivity contribution < 1.29 is 0 Å². The summed E-state index contributed by atoms with van der Waals surface area (Å²) >= 11 is 1.77. The molecule has 0 amide bonds. The van der Waals surface area contributed by atoms with Gasteiger partial charge in [-0.2, -0.15) is 0 Å². The van der Waals surface area contributed by atoms with E-state index < -0.39 is 0 Å². The Hall–Kier alpha value is -0.410. The summed E-state index contributed by atoms with van der Waals surface area (Å²) in [7, 11) is 0. The first-order valence-corrected chi connectivity index (χ1v) is 5.38. The quantitative estimate of drug-likeness (QED) is 0.760. The highest BCUT2D eigenvalue weighted by Gasteiger charge is 1.99. The van der Waals surface area contributed by atoms with Gasteiger partial charge in [-0.25, -0.2) is 4.98 Å². The van der Waals surface area contributed by atoms with Crippen LogP contribution in [0.25, 0.3) is 0 Å². The number of aromatic nitrogens is 1. The second-order valence-electron chi connectivity index (χ2n) is 2.87. The molecule has 2 N–H and O–H groups in total. The Labute approximate surface area is 77.8 Å². The molecule has 0 aliphatic carbocycles. The van der Waals surface area contributed by atoms with Gasteiger partial charge in [-0.3, -0.25) is 0 Å². The average Bonchev–Trinajstić information content (AvgIpc) is 2.50. The maximum atomic E-state index is 5.42. The lowest BCUT2D eigenvalue weighted by Gasteiger charge is -1.92. The molecule has 0 aliphatic heterocycles. The fourth-order valence-corrected chi connectivity index (χ4v) is 2.01. The first kappa shape index (κ1) is 9.68. The van der Waals surface area contributed by atoms with Crippen LogP contribution in [0.3, 0.4) is 0 Å².